The number of hydrogen-bond donors (Lipinski definition) is 2. The monoisotopic (exact) mass is 242 g/mol. The van der Waals surface area contributed by atoms with Gasteiger partial charge in [-0.15, -0.1) is 0 Å². The molecular weight excluding hydrogens is 224 g/mol. The second-order valence-electron chi connectivity index (χ2n) is 4.26. The molecule has 0 fully saturated rings. The van der Waals surface area contributed by atoms with Crippen molar-refractivity contribution in [3.63, 3.8) is 0 Å². The SMILES string of the molecule is CCc1cnccc1C(NN)c1ccc(C)nc1. The summed E-state index contributed by atoms with van der Waals surface area (Å²) in [6, 6.07) is 6.00. The third kappa shape index (κ3) is 2.55. The van der Waals surface area contributed by atoms with E-state index in [1.807, 2.05) is 37.5 Å². The summed E-state index contributed by atoms with van der Waals surface area (Å²) in [5, 5.41) is 0. The van der Waals surface area contributed by atoms with Crippen molar-refractivity contribution in [2.24, 2.45) is 5.84 Å². The van der Waals surface area contributed by atoms with Crippen LogP contribution in [0.3, 0.4) is 0 Å². The molecule has 0 saturated heterocycles. The van der Waals surface area contributed by atoms with Gasteiger partial charge in [-0.25, -0.2) is 5.43 Å². The van der Waals surface area contributed by atoms with E-state index in [0.717, 1.165) is 23.2 Å². The maximum absolute atomic E-state index is 5.70. The molecule has 94 valence electrons. The van der Waals surface area contributed by atoms with Gasteiger partial charge in [0.05, 0.1) is 6.04 Å². The van der Waals surface area contributed by atoms with Gasteiger partial charge in [0.15, 0.2) is 0 Å². The second-order valence-corrected chi connectivity index (χ2v) is 4.26. The largest absolute Gasteiger partial charge is 0.271 e. The van der Waals surface area contributed by atoms with Gasteiger partial charge in [0.1, 0.15) is 0 Å². The number of hydrogen-bond acceptors (Lipinski definition) is 4. The maximum Gasteiger partial charge on any atom is 0.0728 e. The molecule has 0 radical (unpaired) electrons. The first kappa shape index (κ1) is 12.7. The van der Waals surface area contributed by atoms with Crippen LogP contribution in [0.1, 0.15) is 35.3 Å². The van der Waals surface area contributed by atoms with E-state index in [2.05, 4.69) is 22.3 Å². The van der Waals surface area contributed by atoms with E-state index in [-0.39, 0.29) is 6.04 Å². The Morgan fingerprint density at radius 2 is 2.11 bits per heavy atom. The third-order valence-electron chi connectivity index (χ3n) is 3.07. The van der Waals surface area contributed by atoms with Crippen molar-refractivity contribution in [2.45, 2.75) is 26.3 Å². The number of nitrogens with two attached hydrogens (primary N) is 1. The Kier molecular flexibility index (Phi) is 4.02. The number of rotatable bonds is 4. The Bertz CT molecular complexity index is 507. The van der Waals surface area contributed by atoms with Crippen molar-refractivity contribution >= 4 is 0 Å². The van der Waals surface area contributed by atoms with Gasteiger partial charge in [0.25, 0.3) is 0 Å². The van der Waals surface area contributed by atoms with Crippen LogP contribution in [0.2, 0.25) is 0 Å². The van der Waals surface area contributed by atoms with Crippen LogP contribution in [0.5, 0.6) is 0 Å². The fourth-order valence-corrected chi connectivity index (χ4v) is 2.03. The molecule has 0 aliphatic carbocycles. The Morgan fingerprint density at radius 1 is 1.28 bits per heavy atom. The first-order valence-corrected chi connectivity index (χ1v) is 6.07. The molecular formula is C14H18N4. The fourth-order valence-electron chi connectivity index (χ4n) is 2.03. The minimum absolute atomic E-state index is 0.0453. The van der Waals surface area contributed by atoms with Gasteiger partial charge in [-0.2, -0.15) is 0 Å². The number of aryl methyl sites for hydroxylation is 2. The zero-order valence-corrected chi connectivity index (χ0v) is 10.7. The molecule has 3 N–H and O–H groups in total. The molecule has 2 aromatic rings. The molecule has 1 unspecified atom stereocenters. The van der Waals surface area contributed by atoms with Crippen molar-refractivity contribution in [1.29, 1.82) is 0 Å². The van der Waals surface area contributed by atoms with Crippen LogP contribution in [-0.2, 0) is 6.42 Å². The van der Waals surface area contributed by atoms with Gasteiger partial charge in [0, 0.05) is 24.3 Å². The van der Waals surface area contributed by atoms with Crippen molar-refractivity contribution in [1.82, 2.24) is 15.4 Å². The van der Waals surface area contributed by atoms with E-state index in [4.69, 9.17) is 5.84 Å². The van der Waals surface area contributed by atoms with Crippen molar-refractivity contribution < 1.29 is 0 Å². The Hall–Kier alpha value is -1.78. The molecule has 0 aliphatic heterocycles. The summed E-state index contributed by atoms with van der Waals surface area (Å²) in [6.45, 7) is 4.08. The van der Waals surface area contributed by atoms with Gasteiger partial charge in [-0.1, -0.05) is 13.0 Å². The molecule has 4 heteroatoms. The smallest absolute Gasteiger partial charge is 0.0728 e. The van der Waals surface area contributed by atoms with Crippen LogP contribution < -0.4 is 11.3 Å². The van der Waals surface area contributed by atoms with Gasteiger partial charge in [-0.05, 0) is 42.2 Å². The lowest BCUT2D eigenvalue weighted by Crippen LogP contribution is -2.29. The Labute approximate surface area is 107 Å². The molecule has 2 aromatic heterocycles. The molecule has 0 amide bonds. The quantitative estimate of drug-likeness (QED) is 0.635. The average molecular weight is 242 g/mol. The molecule has 0 spiro atoms. The van der Waals surface area contributed by atoms with E-state index >= 15 is 0 Å². The van der Waals surface area contributed by atoms with E-state index in [1.165, 1.54) is 5.56 Å². The topological polar surface area (TPSA) is 63.8 Å². The highest BCUT2D eigenvalue weighted by molar-refractivity contribution is 5.34. The molecule has 18 heavy (non-hydrogen) atoms. The van der Waals surface area contributed by atoms with Crippen LogP contribution in [0.15, 0.2) is 36.8 Å². The Balaban J connectivity index is 2.41. The lowest BCUT2D eigenvalue weighted by atomic mass is 9.96. The number of pyridine rings is 2. The standard InChI is InChI=1S/C14H18N4/c1-3-11-8-16-7-6-13(11)14(18-15)12-5-4-10(2)17-9-12/h4-9,14,18H,3,15H2,1-2H3. The summed E-state index contributed by atoms with van der Waals surface area (Å²) in [5.41, 5.74) is 7.27. The van der Waals surface area contributed by atoms with Gasteiger partial charge in [0.2, 0.25) is 0 Å². The van der Waals surface area contributed by atoms with Crippen LogP contribution in [0.4, 0.5) is 0 Å². The van der Waals surface area contributed by atoms with Crippen LogP contribution in [0, 0.1) is 6.92 Å². The highest BCUT2D eigenvalue weighted by Crippen LogP contribution is 2.23. The van der Waals surface area contributed by atoms with Crippen LogP contribution in [0.25, 0.3) is 0 Å². The highest BCUT2D eigenvalue weighted by atomic mass is 15.2. The predicted octanol–water partition coefficient (Wildman–Crippen LogP) is 1.90. The molecule has 4 nitrogen and oxygen atoms in total. The lowest BCUT2D eigenvalue weighted by Gasteiger charge is -2.19. The lowest BCUT2D eigenvalue weighted by molar-refractivity contribution is 0.627. The molecule has 0 saturated carbocycles. The molecule has 0 aliphatic rings. The zero-order chi connectivity index (χ0) is 13.0. The number of nitrogens with one attached hydrogen (secondary N) is 1. The summed E-state index contributed by atoms with van der Waals surface area (Å²) in [6.07, 6.45) is 6.47. The van der Waals surface area contributed by atoms with Crippen molar-refractivity contribution in [3.8, 4) is 0 Å². The van der Waals surface area contributed by atoms with Crippen LogP contribution in [-0.4, -0.2) is 9.97 Å². The maximum atomic E-state index is 5.70. The average Bonchev–Trinajstić information content (AvgIpc) is 2.42. The molecule has 2 rings (SSSR count). The predicted molar refractivity (Wildman–Crippen MR) is 71.8 cm³/mol. The zero-order valence-electron chi connectivity index (χ0n) is 10.7. The Morgan fingerprint density at radius 3 is 2.72 bits per heavy atom. The van der Waals surface area contributed by atoms with E-state index in [9.17, 15) is 0 Å². The summed E-state index contributed by atoms with van der Waals surface area (Å²) in [5.74, 6) is 5.70. The van der Waals surface area contributed by atoms with Crippen LogP contribution >= 0.6 is 0 Å². The first-order chi connectivity index (χ1) is 8.76. The summed E-state index contributed by atoms with van der Waals surface area (Å²) < 4.78 is 0. The summed E-state index contributed by atoms with van der Waals surface area (Å²) >= 11 is 0. The van der Waals surface area contributed by atoms with E-state index < -0.39 is 0 Å². The summed E-state index contributed by atoms with van der Waals surface area (Å²) in [4.78, 5) is 8.47. The van der Waals surface area contributed by atoms with Gasteiger partial charge in [-0.3, -0.25) is 15.8 Å². The fraction of sp³-hybridized carbons (Fsp3) is 0.286. The minimum Gasteiger partial charge on any atom is -0.271 e. The first-order valence-electron chi connectivity index (χ1n) is 6.07. The van der Waals surface area contributed by atoms with E-state index in [0.29, 0.717) is 0 Å². The molecule has 2 heterocycles. The highest BCUT2D eigenvalue weighted by Gasteiger charge is 2.15. The molecule has 0 bridgehead atoms. The third-order valence-corrected chi connectivity index (χ3v) is 3.07. The number of aromatic nitrogens is 2. The number of nitrogens with zero attached hydrogens (tertiary/aromatic N) is 2. The van der Waals surface area contributed by atoms with E-state index in [1.54, 1.807) is 6.20 Å². The molecule has 0 aromatic carbocycles. The van der Waals surface area contributed by atoms with Gasteiger partial charge >= 0.3 is 0 Å². The van der Waals surface area contributed by atoms with Gasteiger partial charge < -0.3 is 0 Å². The normalized spacial score (nSPS) is 12.4. The molecule has 1 atom stereocenters. The van der Waals surface area contributed by atoms with Crippen molar-refractivity contribution in [2.75, 3.05) is 0 Å². The second kappa shape index (κ2) is 5.71. The number of hydrazine groups is 1. The minimum atomic E-state index is -0.0453. The van der Waals surface area contributed by atoms with Crippen molar-refractivity contribution in [3.05, 3.63) is 59.2 Å². The summed E-state index contributed by atoms with van der Waals surface area (Å²) in [7, 11) is 0.